The van der Waals surface area contributed by atoms with Gasteiger partial charge in [0, 0.05) is 26.2 Å². The highest BCUT2D eigenvalue weighted by Gasteiger charge is 2.07. The SMILES string of the molecule is C=C(CCC(OC)OC)C(N)=O. The number of hydrogen-bond acceptors (Lipinski definition) is 3. The molecule has 0 radical (unpaired) electrons. The van der Waals surface area contributed by atoms with Gasteiger partial charge in [0.25, 0.3) is 0 Å². The zero-order valence-electron chi connectivity index (χ0n) is 7.50. The topological polar surface area (TPSA) is 61.6 Å². The van der Waals surface area contributed by atoms with E-state index in [9.17, 15) is 4.79 Å². The summed E-state index contributed by atoms with van der Waals surface area (Å²) in [6.07, 6.45) is 0.803. The number of ether oxygens (including phenoxy) is 2. The first-order valence-corrected chi connectivity index (χ1v) is 3.65. The van der Waals surface area contributed by atoms with Crippen molar-refractivity contribution in [1.82, 2.24) is 0 Å². The van der Waals surface area contributed by atoms with Crippen LogP contribution in [0, 0.1) is 0 Å². The molecular weight excluding hydrogens is 158 g/mol. The lowest BCUT2D eigenvalue weighted by molar-refractivity contribution is -0.116. The van der Waals surface area contributed by atoms with Gasteiger partial charge in [0.1, 0.15) is 0 Å². The lowest BCUT2D eigenvalue weighted by Crippen LogP contribution is -2.17. The third-order valence-electron chi connectivity index (χ3n) is 1.56. The lowest BCUT2D eigenvalue weighted by Gasteiger charge is -2.12. The minimum absolute atomic E-state index is 0.291. The van der Waals surface area contributed by atoms with Crippen LogP contribution < -0.4 is 5.73 Å². The van der Waals surface area contributed by atoms with Crippen molar-refractivity contribution in [2.75, 3.05) is 14.2 Å². The summed E-state index contributed by atoms with van der Waals surface area (Å²) in [6.45, 7) is 3.51. The Kier molecular flexibility index (Phi) is 5.32. The van der Waals surface area contributed by atoms with Crippen molar-refractivity contribution < 1.29 is 14.3 Å². The van der Waals surface area contributed by atoms with Crippen LogP contribution in [-0.4, -0.2) is 26.4 Å². The number of carbonyl (C=O) groups is 1. The molecule has 0 spiro atoms. The summed E-state index contributed by atoms with van der Waals surface area (Å²) < 4.78 is 9.83. The van der Waals surface area contributed by atoms with Crippen molar-refractivity contribution in [3.8, 4) is 0 Å². The molecule has 0 aromatic carbocycles. The van der Waals surface area contributed by atoms with Crippen LogP contribution in [0.4, 0.5) is 0 Å². The van der Waals surface area contributed by atoms with Gasteiger partial charge in [-0.3, -0.25) is 4.79 Å². The Hall–Kier alpha value is -0.870. The van der Waals surface area contributed by atoms with Crippen molar-refractivity contribution in [3.05, 3.63) is 12.2 Å². The van der Waals surface area contributed by atoms with E-state index in [-0.39, 0.29) is 6.29 Å². The second kappa shape index (κ2) is 5.74. The summed E-state index contributed by atoms with van der Waals surface area (Å²) in [5.41, 5.74) is 5.38. The highest BCUT2D eigenvalue weighted by molar-refractivity contribution is 5.91. The van der Waals surface area contributed by atoms with Gasteiger partial charge in [-0.05, 0) is 6.42 Å². The molecule has 0 saturated heterocycles. The average Bonchev–Trinajstić information content (AvgIpc) is 2.05. The second-order valence-electron chi connectivity index (χ2n) is 2.41. The number of primary amides is 1. The van der Waals surface area contributed by atoms with E-state index in [2.05, 4.69) is 6.58 Å². The smallest absolute Gasteiger partial charge is 0.244 e. The Morgan fingerprint density at radius 2 is 2.00 bits per heavy atom. The molecule has 0 atom stereocenters. The highest BCUT2D eigenvalue weighted by Crippen LogP contribution is 2.07. The van der Waals surface area contributed by atoms with Gasteiger partial charge < -0.3 is 15.2 Å². The van der Waals surface area contributed by atoms with Crippen LogP contribution in [0.2, 0.25) is 0 Å². The van der Waals surface area contributed by atoms with Gasteiger partial charge in [0.2, 0.25) is 5.91 Å². The third kappa shape index (κ3) is 4.10. The van der Waals surface area contributed by atoms with E-state index in [0.29, 0.717) is 18.4 Å². The quantitative estimate of drug-likeness (QED) is 0.468. The van der Waals surface area contributed by atoms with Gasteiger partial charge in [0.05, 0.1) is 0 Å². The molecule has 0 aromatic rings. The van der Waals surface area contributed by atoms with Gasteiger partial charge in [-0.25, -0.2) is 0 Å². The van der Waals surface area contributed by atoms with Crippen molar-refractivity contribution in [2.24, 2.45) is 5.73 Å². The summed E-state index contributed by atoms with van der Waals surface area (Å²) in [4.78, 5) is 10.5. The molecule has 0 aliphatic rings. The van der Waals surface area contributed by atoms with Gasteiger partial charge in [0.15, 0.2) is 6.29 Å². The monoisotopic (exact) mass is 173 g/mol. The fourth-order valence-electron chi connectivity index (χ4n) is 0.747. The first kappa shape index (κ1) is 11.1. The maximum atomic E-state index is 10.5. The van der Waals surface area contributed by atoms with Crippen molar-refractivity contribution in [2.45, 2.75) is 19.1 Å². The van der Waals surface area contributed by atoms with Crippen LogP contribution in [0.1, 0.15) is 12.8 Å². The number of rotatable bonds is 6. The molecule has 12 heavy (non-hydrogen) atoms. The first-order valence-electron chi connectivity index (χ1n) is 3.65. The van der Waals surface area contributed by atoms with Gasteiger partial charge in [-0.1, -0.05) is 6.58 Å². The molecule has 0 heterocycles. The Morgan fingerprint density at radius 3 is 2.33 bits per heavy atom. The fourth-order valence-corrected chi connectivity index (χ4v) is 0.747. The summed E-state index contributed by atoms with van der Waals surface area (Å²) in [6, 6.07) is 0. The van der Waals surface area contributed by atoms with Gasteiger partial charge >= 0.3 is 0 Å². The van der Waals surface area contributed by atoms with Crippen LogP contribution in [-0.2, 0) is 14.3 Å². The predicted molar refractivity (Wildman–Crippen MR) is 45.4 cm³/mol. The van der Waals surface area contributed by atoms with Crippen molar-refractivity contribution in [3.63, 3.8) is 0 Å². The highest BCUT2D eigenvalue weighted by atomic mass is 16.7. The molecule has 0 bridgehead atoms. The van der Waals surface area contributed by atoms with Gasteiger partial charge in [-0.2, -0.15) is 0 Å². The molecule has 70 valence electrons. The summed E-state index contributed by atoms with van der Waals surface area (Å²) in [5, 5.41) is 0. The van der Waals surface area contributed by atoms with Crippen LogP contribution >= 0.6 is 0 Å². The number of carbonyl (C=O) groups excluding carboxylic acids is 1. The molecule has 0 saturated carbocycles. The van der Waals surface area contributed by atoms with Crippen LogP contribution in [0.25, 0.3) is 0 Å². The molecule has 0 aliphatic heterocycles. The van der Waals surface area contributed by atoms with E-state index in [1.54, 1.807) is 14.2 Å². The molecule has 4 nitrogen and oxygen atoms in total. The van der Waals surface area contributed by atoms with E-state index in [4.69, 9.17) is 15.2 Å². The van der Waals surface area contributed by atoms with E-state index >= 15 is 0 Å². The maximum absolute atomic E-state index is 10.5. The summed E-state index contributed by atoms with van der Waals surface area (Å²) in [7, 11) is 3.09. The Labute approximate surface area is 72.3 Å². The van der Waals surface area contributed by atoms with E-state index in [1.165, 1.54) is 0 Å². The molecule has 1 amide bonds. The largest absolute Gasteiger partial charge is 0.366 e. The van der Waals surface area contributed by atoms with Crippen LogP contribution in [0.3, 0.4) is 0 Å². The molecular formula is C8H15NO3. The Morgan fingerprint density at radius 1 is 1.50 bits per heavy atom. The summed E-state index contributed by atoms with van der Waals surface area (Å²) in [5.74, 6) is -0.471. The number of nitrogens with two attached hydrogens (primary N) is 1. The average molecular weight is 173 g/mol. The minimum Gasteiger partial charge on any atom is -0.366 e. The molecule has 0 rings (SSSR count). The molecule has 4 heteroatoms. The van der Waals surface area contributed by atoms with Crippen LogP contribution in [0.5, 0.6) is 0 Å². The second-order valence-corrected chi connectivity index (χ2v) is 2.41. The van der Waals surface area contributed by atoms with Crippen LogP contribution in [0.15, 0.2) is 12.2 Å². The maximum Gasteiger partial charge on any atom is 0.244 e. The fraction of sp³-hybridized carbons (Fsp3) is 0.625. The Bertz CT molecular complexity index is 164. The van der Waals surface area contributed by atoms with Gasteiger partial charge in [-0.15, -0.1) is 0 Å². The zero-order chi connectivity index (χ0) is 9.56. The molecule has 2 N–H and O–H groups in total. The van der Waals surface area contributed by atoms with E-state index < -0.39 is 5.91 Å². The van der Waals surface area contributed by atoms with E-state index in [0.717, 1.165) is 0 Å². The number of hydrogen-bond donors (Lipinski definition) is 1. The predicted octanol–water partition coefficient (Wildman–Crippen LogP) is 0.427. The molecule has 0 aromatic heterocycles. The van der Waals surface area contributed by atoms with Crippen molar-refractivity contribution >= 4 is 5.91 Å². The molecule has 0 aliphatic carbocycles. The molecule has 0 unspecified atom stereocenters. The summed E-state index contributed by atoms with van der Waals surface area (Å²) >= 11 is 0. The van der Waals surface area contributed by atoms with Crippen molar-refractivity contribution in [1.29, 1.82) is 0 Å². The lowest BCUT2D eigenvalue weighted by atomic mass is 10.1. The zero-order valence-corrected chi connectivity index (χ0v) is 7.50. The van der Waals surface area contributed by atoms with E-state index in [1.807, 2.05) is 0 Å². The number of amides is 1. The normalized spacial score (nSPS) is 10.2. The molecule has 0 fully saturated rings. The standard InChI is InChI=1S/C8H15NO3/c1-6(8(9)10)4-5-7(11-2)12-3/h7H,1,4-5H2,2-3H3,(H2,9,10). The first-order chi connectivity index (χ1) is 5.61. The number of methoxy groups -OCH3 is 2. The third-order valence-corrected chi connectivity index (χ3v) is 1.56. The Balaban J connectivity index is 3.66. The minimum atomic E-state index is -0.471.